The summed E-state index contributed by atoms with van der Waals surface area (Å²) in [6.45, 7) is 8.56. The van der Waals surface area contributed by atoms with Crippen LogP contribution < -0.4 is 11.1 Å². The largest absolute Gasteiger partial charge is 0.351 e. The molecule has 0 aliphatic heterocycles. The molecule has 0 atom stereocenters. The fourth-order valence-electron chi connectivity index (χ4n) is 3.17. The summed E-state index contributed by atoms with van der Waals surface area (Å²) in [6.07, 6.45) is 3.40. The predicted molar refractivity (Wildman–Crippen MR) is 114 cm³/mol. The molecule has 0 spiro atoms. The van der Waals surface area contributed by atoms with Gasteiger partial charge in [0.25, 0.3) is 0 Å². The SMILES string of the molecule is Cc1cc(C)c(C(C)C)cc1C=N.Cn1ccc2cc(NC(N)=O)ccc21. The first-order valence-electron chi connectivity index (χ1n) is 8.96. The van der Waals surface area contributed by atoms with E-state index < -0.39 is 6.03 Å². The summed E-state index contributed by atoms with van der Waals surface area (Å²) in [6, 6.07) is 11.4. The van der Waals surface area contributed by atoms with E-state index in [1.807, 2.05) is 42.1 Å². The van der Waals surface area contributed by atoms with Gasteiger partial charge < -0.3 is 21.0 Å². The van der Waals surface area contributed by atoms with Gasteiger partial charge in [-0.2, -0.15) is 0 Å². The third-order valence-electron chi connectivity index (χ3n) is 4.58. The van der Waals surface area contributed by atoms with Crippen molar-refractivity contribution < 1.29 is 4.79 Å². The molecule has 0 aliphatic carbocycles. The fraction of sp³-hybridized carbons (Fsp3) is 0.273. The van der Waals surface area contributed by atoms with Gasteiger partial charge in [0, 0.05) is 36.0 Å². The number of amides is 2. The molecule has 1 heterocycles. The Hall–Kier alpha value is -3.08. The normalized spacial score (nSPS) is 10.4. The minimum atomic E-state index is -0.541. The van der Waals surface area contributed by atoms with E-state index in [0.717, 1.165) is 22.2 Å². The lowest BCUT2D eigenvalue weighted by Gasteiger charge is -2.12. The van der Waals surface area contributed by atoms with Crippen molar-refractivity contribution in [2.45, 2.75) is 33.6 Å². The van der Waals surface area contributed by atoms with Gasteiger partial charge in [-0.25, -0.2) is 4.79 Å². The summed E-state index contributed by atoms with van der Waals surface area (Å²) in [5.74, 6) is 0.541. The van der Waals surface area contributed by atoms with E-state index >= 15 is 0 Å². The minimum Gasteiger partial charge on any atom is -0.351 e. The third kappa shape index (κ3) is 4.97. The highest BCUT2D eigenvalue weighted by molar-refractivity contribution is 5.92. The van der Waals surface area contributed by atoms with Crippen molar-refractivity contribution in [1.82, 2.24) is 4.57 Å². The van der Waals surface area contributed by atoms with Gasteiger partial charge >= 0.3 is 6.03 Å². The average molecular weight is 364 g/mol. The molecule has 0 radical (unpaired) electrons. The number of rotatable bonds is 3. The summed E-state index contributed by atoms with van der Waals surface area (Å²) in [4.78, 5) is 10.6. The van der Waals surface area contributed by atoms with Crippen LogP contribution >= 0.6 is 0 Å². The number of fused-ring (bicyclic) bond motifs is 1. The fourth-order valence-corrected chi connectivity index (χ4v) is 3.17. The zero-order chi connectivity index (χ0) is 20.1. The summed E-state index contributed by atoms with van der Waals surface area (Å²) in [7, 11) is 1.98. The molecule has 27 heavy (non-hydrogen) atoms. The average Bonchev–Trinajstić information content (AvgIpc) is 2.95. The van der Waals surface area contributed by atoms with Crippen LogP contribution in [0.2, 0.25) is 0 Å². The van der Waals surface area contributed by atoms with E-state index in [-0.39, 0.29) is 0 Å². The maximum Gasteiger partial charge on any atom is 0.316 e. The van der Waals surface area contributed by atoms with Gasteiger partial charge in [-0.3, -0.25) is 0 Å². The van der Waals surface area contributed by atoms with E-state index in [4.69, 9.17) is 11.1 Å². The Balaban J connectivity index is 0.000000194. The van der Waals surface area contributed by atoms with Crippen LogP contribution in [-0.2, 0) is 7.05 Å². The number of primary amides is 1. The molecule has 1 aromatic heterocycles. The Morgan fingerprint density at radius 2 is 1.85 bits per heavy atom. The van der Waals surface area contributed by atoms with Gasteiger partial charge in [-0.15, -0.1) is 0 Å². The zero-order valence-electron chi connectivity index (χ0n) is 16.6. The van der Waals surface area contributed by atoms with Gasteiger partial charge in [-0.05, 0) is 72.4 Å². The first kappa shape index (κ1) is 20.2. The molecule has 0 bridgehead atoms. The number of hydrogen-bond donors (Lipinski definition) is 3. The number of aromatic nitrogens is 1. The summed E-state index contributed by atoms with van der Waals surface area (Å²) < 4.78 is 2.02. The number of benzene rings is 2. The number of anilines is 1. The number of carbonyl (C=O) groups is 1. The highest BCUT2D eigenvalue weighted by Crippen LogP contribution is 2.22. The number of nitrogens with zero attached hydrogens (tertiary/aromatic N) is 1. The smallest absolute Gasteiger partial charge is 0.316 e. The molecular weight excluding hydrogens is 336 g/mol. The highest BCUT2D eigenvalue weighted by Gasteiger charge is 2.06. The Kier molecular flexibility index (Phi) is 6.40. The molecule has 0 aliphatic rings. The van der Waals surface area contributed by atoms with Crippen LogP contribution in [0.4, 0.5) is 10.5 Å². The molecule has 3 rings (SSSR count). The number of urea groups is 1. The van der Waals surface area contributed by atoms with E-state index in [2.05, 4.69) is 45.1 Å². The molecule has 3 aromatic rings. The maximum absolute atomic E-state index is 10.6. The third-order valence-corrected chi connectivity index (χ3v) is 4.58. The first-order valence-corrected chi connectivity index (χ1v) is 8.96. The van der Waals surface area contributed by atoms with Gasteiger partial charge in [0.1, 0.15) is 0 Å². The van der Waals surface area contributed by atoms with Crippen molar-refractivity contribution in [2.24, 2.45) is 12.8 Å². The van der Waals surface area contributed by atoms with Crippen molar-refractivity contribution in [3.8, 4) is 0 Å². The van der Waals surface area contributed by atoms with Crippen LogP contribution in [0.5, 0.6) is 0 Å². The Bertz CT molecular complexity index is 970. The predicted octanol–water partition coefficient (Wildman–Crippen LogP) is 5.09. The lowest BCUT2D eigenvalue weighted by atomic mass is 9.93. The number of nitrogens with two attached hydrogens (primary N) is 1. The monoisotopic (exact) mass is 364 g/mol. The maximum atomic E-state index is 10.6. The van der Waals surface area contributed by atoms with Gasteiger partial charge in [0.2, 0.25) is 0 Å². The molecule has 5 nitrogen and oxygen atoms in total. The zero-order valence-corrected chi connectivity index (χ0v) is 16.6. The van der Waals surface area contributed by atoms with Crippen molar-refractivity contribution in [1.29, 1.82) is 5.41 Å². The van der Waals surface area contributed by atoms with Crippen LogP contribution in [0.15, 0.2) is 42.6 Å². The molecule has 0 unspecified atom stereocenters. The molecule has 142 valence electrons. The molecule has 0 fully saturated rings. The van der Waals surface area contributed by atoms with Crippen LogP contribution in [0.3, 0.4) is 0 Å². The second kappa shape index (κ2) is 8.54. The van der Waals surface area contributed by atoms with Crippen molar-refractivity contribution in [3.63, 3.8) is 0 Å². The van der Waals surface area contributed by atoms with Crippen molar-refractivity contribution >= 4 is 28.8 Å². The van der Waals surface area contributed by atoms with E-state index in [0.29, 0.717) is 5.92 Å². The highest BCUT2D eigenvalue weighted by atomic mass is 16.2. The molecule has 0 saturated carbocycles. The quantitative estimate of drug-likeness (QED) is 0.555. The second-order valence-electron chi connectivity index (χ2n) is 7.05. The Labute approximate surface area is 160 Å². The van der Waals surface area contributed by atoms with Gasteiger partial charge in [0.05, 0.1) is 0 Å². The number of nitrogens with one attached hydrogen (secondary N) is 2. The second-order valence-corrected chi connectivity index (χ2v) is 7.05. The summed E-state index contributed by atoms with van der Waals surface area (Å²) >= 11 is 0. The number of aryl methyl sites for hydroxylation is 3. The molecule has 0 saturated heterocycles. The molecule has 5 heteroatoms. The summed E-state index contributed by atoms with van der Waals surface area (Å²) in [5.41, 5.74) is 11.8. The van der Waals surface area contributed by atoms with E-state index in [1.54, 1.807) is 0 Å². The van der Waals surface area contributed by atoms with Crippen molar-refractivity contribution in [3.05, 3.63) is 64.8 Å². The molecule has 4 N–H and O–H groups in total. The van der Waals surface area contributed by atoms with E-state index in [1.165, 1.54) is 22.9 Å². The summed E-state index contributed by atoms with van der Waals surface area (Å²) in [5, 5.41) is 10.9. The van der Waals surface area contributed by atoms with Crippen LogP contribution in [-0.4, -0.2) is 16.8 Å². The van der Waals surface area contributed by atoms with Crippen molar-refractivity contribution in [2.75, 3.05) is 5.32 Å². The number of carbonyl (C=O) groups excluding carboxylic acids is 1. The van der Waals surface area contributed by atoms with Gasteiger partial charge in [0.15, 0.2) is 0 Å². The molecule has 2 aromatic carbocycles. The first-order chi connectivity index (χ1) is 12.7. The molecule has 2 amide bonds. The Morgan fingerprint density at radius 3 is 2.44 bits per heavy atom. The number of hydrogen-bond acceptors (Lipinski definition) is 2. The van der Waals surface area contributed by atoms with Crippen LogP contribution in [0.1, 0.15) is 42.0 Å². The topological polar surface area (TPSA) is 83.9 Å². The van der Waals surface area contributed by atoms with Gasteiger partial charge in [-0.1, -0.05) is 19.9 Å². The van der Waals surface area contributed by atoms with Crippen LogP contribution in [0.25, 0.3) is 10.9 Å². The standard InChI is InChI=1S/C12H17N.C10H11N3O/c1-8(2)12-6-11(7-13)9(3)5-10(12)4;1-13-5-4-7-6-8(12-10(11)14)2-3-9(7)13/h5-8,13H,1-4H3;2-6H,1H3,(H3,11,12,14). The lowest BCUT2D eigenvalue weighted by Crippen LogP contribution is -2.19. The lowest BCUT2D eigenvalue weighted by molar-refractivity contribution is 0.259. The van der Waals surface area contributed by atoms with Crippen LogP contribution in [0, 0.1) is 19.3 Å². The minimum absolute atomic E-state index is 0.541. The van der Waals surface area contributed by atoms with E-state index in [9.17, 15) is 4.79 Å². The molecular formula is C22H28N4O. The Morgan fingerprint density at radius 1 is 1.15 bits per heavy atom.